The molecule has 1 aromatic rings. The van der Waals surface area contributed by atoms with Crippen LogP contribution in [0, 0.1) is 0 Å². The number of sulfonamides is 1. The third-order valence-corrected chi connectivity index (χ3v) is 5.24. The third-order valence-electron chi connectivity index (χ3n) is 3.25. The van der Waals surface area contributed by atoms with E-state index in [1.165, 1.54) is 28.6 Å². The maximum Gasteiger partial charge on any atom is 0.387 e. The predicted molar refractivity (Wildman–Crippen MR) is 76.3 cm³/mol. The average Bonchev–Trinajstić information content (AvgIpc) is 2.87. The monoisotopic (exact) mass is 342 g/mol. The summed E-state index contributed by atoms with van der Waals surface area (Å²) in [5, 5.41) is 0. The second kappa shape index (κ2) is 7.35. The Kier molecular flexibility index (Phi) is 6.33. The van der Waals surface area contributed by atoms with Gasteiger partial charge in [-0.3, -0.25) is 0 Å². The number of halogens is 3. The van der Waals surface area contributed by atoms with Gasteiger partial charge >= 0.3 is 6.61 Å². The summed E-state index contributed by atoms with van der Waals surface area (Å²) < 4.78 is 55.4. The Bertz CT molecular complexity index is 571. The van der Waals surface area contributed by atoms with E-state index >= 15 is 0 Å². The van der Waals surface area contributed by atoms with Crippen molar-refractivity contribution in [2.75, 3.05) is 13.1 Å². The maximum absolute atomic E-state index is 12.6. The van der Waals surface area contributed by atoms with Crippen molar-refractivity contribution in [3.05, 3.63) is 24.3 Å². The first-order valence-corrected chi connectivity index (χ1v) is 7.66. The molecule has 0 bridgehead atoms. The van der Waals surface area contributed by atoms with Gasteiger partial charge in [0.25, 0.3) is 0 Å². The fraction of sp³-hybridized carbons (Fsp3) is 0.500. The fourth-order valence-corrected chi connectivity index (χ4v) is 4.17. The molecule has 1 aliphatic heterocycles. The zero-order chi connectivity index (χ0) is 14.8. The Balaban J connectivity index is 0.00000220. The molecular weight excluding hydrogens is 326 g/mol. The smallest absolute Gasteiger partial charge is 0.387 e. The van der Waals surface area contributed by atoms with Crippen LogP contribution in [0.25, 0.3) is 0 Å². The highest BCUT2D eigenvalue weighted by Gasteiger charge is 2.36. The molecule has 0 saturated carbocycles. The fourth-order valence-electron chi connectivity index (χ4n) is 2.34. The van der Waals surface area contributed by atoms with Gasteiger partial charge in [-0.1, -0.05) is 12.1 Å². The van der Waals surface area contributed by atoms with Crippen LogP contribution in [0.15, 0.2) is 29.2 Å². The van der Waals surface area contributed by atoms with E-state index in [-0.39, 0.29) is 35.6 Å². The lowest BCUT2D eigenvalue weighted by molar-refractivity contribution is -0.0517. The van der Waals surface area contributed by atoms with Gasteiger partial charge in [0.05, 0.1) is 0 Å². The number of nitrogens with two attached hydrogens (primary N) is 1. The van der Waals surface area contributed by atoms with Crippen LogP contribution < -0.4 is 10.5 Å². The van der Waals surface area contributed by atoms with Crippen molar-refractivity contribution in [1.82, 2.24) is 4.31 Å². The molecule has 1 aromatic carbocycles. The zero-order valence-corrected chi connectivity index (χ0v) is 12.7. The molecule has 0 aliphatic carbocycles. The van der Waals surface area contributed by atoms with E-state index in [9.17, 15) is 17.2 Å². The molecule has 1 unspecified atom stereocenters. The van der Waals surface area contributed by atoms with Crippen molar-refractivity contribution in [2.45, 2.75) is 30.4 Å². The van der Waals surface area contributed by atoms with E-state index in [0.717, 1.165) is 0 Å². The Morgan fingerprint density at radius 1 is 1.38 bits per heavy atom. The summed E-state index contributed by atoms with van der Waals surface area (Å²) in [4.78, 5) is -0.249. The van der Waals surface area contributed by atoms with E-state index in [0.29, 0.717) is 19.4 Å². The number of rotatable bonds is 5. The van der Waals surface area contributed by atoms with E-state index in [1.807, 2.05) is 0 Å². The van der Waals surface area contributed by atoms with E-state index < -0.39 is 16.6 Å². The minimum absolute atomic E-state index is 0. The van der Waals surface area contributed by atoms with Gasteiger partial charge in [0.15, 0.2) is 0 Å². The van der Waals surface area contributed by atoms with Gasteiger partial charge in [-0.2, -0.15) is 13.1 Å². The molecule has 21 heavy (non-hydrogen) atoms. The second-order valence-electron chi connectivity index (χ2n) is 4.47. The highest BCUT2D eigenvalue weighted by atomic mass is 35.5. The standard InChI is InChI=1S/C12H16F2N2O3S.ClH/c13-12(14)19-10-5-1-2-6-11(10)20(17,18)16-7-3-4-9(16)8-15;/h1-2,5-6,9,12H,3-4,7-8,15H2;1H. The largest absolute Gasteiger partial charge is 0.433 e. The quantitative estimate of drug-likeness (QED) is 0.886. The second-order valence-corrected chi connectivity index (χ2v) is 6.33. The first kappa shape index (κ1) is 18.1. The summed E-state index contributed by atoms with van der Waals surface area (Å²) in [6.07, 6.45) is 1.38. The molecule has 9 heteroatoms. The van der Waals surface area contributed by atoms with Crippen LogP contribution in [0.3, 0.4) is 0 Å². The van der Waals surface area contributed by atoms with Crippen molar-refractivity contribution in [1.29, 1.82) is 0 Å². The van der Waals surface area contributed by atoms with Crippen molar-refractivity contribution in [2.24, 2.45) is 5.73 Å². The molecule has 5 nitrogen and oxygen atoms in total. The van der Waals surface area contributed by atoms with Gasteiger partial charge in [-0.05, 0) is 25.0 Å². The molecular formula is C12H17ClF2N2O3S. The van der Waals surface area contributed by atoms with Gasteiger partial charge in [-0.25, -0.2) is 8.42 Å². The molecule has 1 atom stereocenters. The number of ether oxygens (including phenoxy) is 1. The minimum Gasteiger partial charge on any atom is -0.433 e. The first-order chi connectivity index (χ1) is 9.46. The molecule has 1 heterocycles. The third kappa shape index (κ3) is 3.82. The number of alkyl halides is 2. The molecule has 1 fully saturated rings. The Morgan fingerprint density at radius 2 is 2.05 bits per heavy atom. The normalized spacial score (nSPS) is 19.5. The predicted octanol–water partition coefficient (Wildman–Crippen LogP) is 1.82. The zero-order valence-electron chi connectivity index (χ0n) is 11.1. The topological polar surface area (TPSA) is 72.6 Å². The first-order valence-electron chi connectivity index (χ1n) is 6.22. The summed E-state index contributed by atoms with van der Waals surface area (Å²) in [7, 11) is -3.88. The number of nitrogens with zero attached hydrogens (tertiary/aromatic N) is 1. The van der Waals surface area contributed by atoms with E-state index in [2.05, 4.69) is 4.74 Å². The molecule has 0 radical (unpaired) electrons. The number of para-hydroxylation sites is 1. The summed E-state index contributed by atoms with van der Waals surface area (Å²) in [5.74, 6) is -0.342. The van der Waals surface area contributed by atoms with Crippen LogP contribution in [0.1, 0.15) is 12.8 Å². The summed E-state index contributed by atoms with van der Waals surface area (Å²) in [6.45, 7) is -2.53. The lowest BCUT2D eigenvalue weighted by Crippen LogP contribution is -2.40. The van der Waals surface area contributed by atoms with Gasteiger partial charge in [0, 0.05) is 19.1 Å². The maximum atomic E-state index is 12.6. The molecule has 1 saturated heterocycles. The molecule has 2 N–H and O–H groups in total. The lowest BCUT2D eigenvalue weighted by atomic mass is 10.2. The average molecular weight is 343 g/mol. The summed E-state index contributed by atoms with van der Waals surface area (Å²) in [5.41, 5.74) is 5.56. The highest BCUT2D eigenvalue weighted by molar-refractivity contribution is 7.89. The van der Waals surface area contributed by atoms with E-state index in [4.69, 9.17) is 5.73 Å². The van der Waals surface area contributed by atoms with Crippen LogP contribution in [-0.2, 0) is 10.0 Å². The number of hydrogen-bond acceptors (Lipinski definition) is 4. The molecule has 2 rings (SSSR count). The van der Waals surface area contributed by atoms with Crippen molar-refractivity contribution in [3.63, 3.8) is 0 Å². The lowest BCUT2D eigenvalue weighted by Gasteiger charge is -2.23. The van der Waals surface area contributed by atoms with Crippen LogP contribution >= 0.6 is 12.4 Å². The SMILES string of the molecule is Cl.NCC1CCCN1S(=O)(=O)c1ccccc1OC(F)F. The van der Waals surface area contributed by atoms with Gasteiger partial charge < -0.3 is 10.5 Å². The van der Waals surface area contributed by atoms with E-state index in [1.54, 1.807) is 0 Å². The Morgan fingerprint density at radius 3 is 2.67 bits per heavy atom. The van der Waals surface area contributed by atoms with Gasteiger partial charge in [0.1, 0.15) is 10.6 Å². The number of hydrogen-bond donors (Lipinski definition) is 1. The van der Waals surface area contributed by atoms with Crippen LogP contribution in [0.2, 0.25) is 0 Å². The van der Waals surface area contributed by atoms with Crippen molar-refractivity contribution >= 4 is 22.4 Å². The molecule has 120 valence electrons. The van der Waals surface area contributed by atoms with Crippen LogP contribution in [0.4, 0.5) is 8.78 Å². The van der Waals surface area contributed by atoms with Crippen molar-refractivity contribution < 1.29 is 21.9 Å². The number of benzene rings is 1. The molecule has 1 aliphatic rings. The summed E-state index contributed by atoms with van der Waals surface area (Å²) in [6, 6.07) is 5.10. The minimum atomic E-state index is -3.88. The Labute approximate surface area is 128 Å². The van der Waals surface area contributed by atoms with Crippen LogP contribution in [-0.4, -0.2) is 38.5 Å². The highest BCUT2D eigenvalue weighted by Crippen LogP contribution is 2.31. The molecule has 0 aromatic heterocycles. The van der Waals surface area contributed by atoms with Crippen molar-refractivity contribution in [3.8, 4) is 5.75 Å². The van der Waals surface area contributed by atoms with Gasteiger partial charge in [-0.15, -0.1) is 12.4 Å². The Hall–Kier alpha value is -0.960. The summed E-state index contributed by atoms with van der Waals surface area (Å²) >= 11 is 0. The molecule has 0 spiro atoms. The van der Waals surface area contributed by atoms with Crippen LogP contribution in [0.5, 0.6) is 5.75 Å². The molecule has 0 amide bonds. The van der Waals surface area contributed by atoms with Gasteiger partial charge in [0.2, 0.25) is 10.0 Å².